The van der Waals surface area contributed by atoms with Gasteiger partial charge in [-0.15, -0.1) is 0 Å². The highest BCUT2D eigenvalue weighted by Crippen LogP contribution is 2.37. The van der Waals surface area contributed by atoms with Gasteiger partial charge in [0.05, 0.1) is 29.0 Å². The number of pyridine rings is 1. The van der Waals surface area contributed by atoms with Crippen molar-refractivity contribution in [1.29, 1.82) is 5.26 Å². The van der Waals surface area contributed by atoms with Gasteiger partial charge >= 0.3 is 0 Å². The number of para-hydroxylation sites is 1. The molecule has 4 heterocycles. The van der Waals surface area contributed by atoms with Crippen molar-refractivity contribution in [2.75, 3.05) is 20.7 Å². The van der Waals surface area contributed by atoms with Crippen LogP contribution in [0.1, 0.15) is 11.1 Å². The molecule has 3 aliphatic rings. The summed E-state index contributed by atoms with van der Waals surface area (Å²) >= 11 is 0. The first kappa shape index (κ1) is 30.2. The number of hydrogen-bond acceptors (Lipinski definition) is 12. The molecule has 13 nitrogen and oxygen atoms in total. The average molecular weight is 628 g/mol. The zero-order valence-corrected chi connectivity index (χ0v) is 25.0. The fourth-order valence-corrected chi connectivity index (χ4v) is 6.79. The molecule has 1 aromatic heterocycles. The number of likely N-dealkylation sites (N-methyl/N-ethyl adjacent to an activating group) is 1. The van der Waals surface area contributed by atoms with Crippen molar-refractivity contribution in [2.24, 2.45) is 21.6 Å². The summed E-state index contributed by atoms with van der Waals surface area (Å²) in [5, 5.41) is 32.4. The summed E-state index contributed by atoms with van der Waals surface area (Å²) in [4.78, 5) is 14.5. The highest BCUT2D eigenvalue weighted by molar-refractivity contribution is 7.89. The molecule has 1 saturated heterocycles. The second kappa shape index (κ2) is 11.9. The number of nitrogens with zero attached hydrogens (tertiary/aromatic N) is 6. The topological polar surface area (TPSA) is 187 Å². The summed E-state index contributed by atoms with van der Waals surface area (Å²) in [6, 6.07) is 15.5. The maximum Gasteiger partial charge on any atom is 0.242 e. The molecule has 6 atom stereocenters. The lowest BCUT2D eigenvalue weighted by Gasteiger charge is -2.33. The largest absolute Gasteiger partial charge is 0.495 e. The van der Waals surface area contributed by atoms with E-state index in [9.17, 15) is 23.9 Å². The fourth-order valence-electron chi connectivity index (χ4n) is 5.58. The summed E-state index contributed by atoms with van der Waals surface area (Å²) in [6.07, 6.45) is -1.01. The van der Waals surface area contributed by atoms with Gasteiger partial charge in [-0.2, -0.15) is 9.57 Å². The van der Waals surface area contributed by atoms with Crippen LogP contribution in [0, 0.1) is 29.1 Å². The third-order valence-electron chi connectivity index (χ3n) is 7.98. The van der Waals surface area contributed by atoms with Gasteiger partial charge in [0, 0.05) is 42.5 Å². The average Bonchev–Trinajstić information content (AvgIpc) is 3.56. The number of nitrogens with two attached hydrogens (primary N) is 1. The Kier molecular flexibility index (Phi) is 8.01. The molecule has 2 aromatic carbocycles. The molecule has 3 aromatic rings. The predicted molar refractivity (Wildman–Crippen MR) is 164 cm³/mol. The van der Waals surface area contributed by atoms with Crippen molar-refractivity contribution >= 4 is 33.1 Å². The molecule has 14 heteroatoms. The number of aliphatic imine (C=N–C) groups is 2. The van der Waals surface area contributed by atoms with Crippen molar-refractivity contribution < 1.29 is 28.1 Å². The minimum absolute atomic E-state index is 0.0571. The van der Waals surface area contributed by atoms with Crippen molar-refractivity contribution in [3.05, 3.63) is 77.6 Å². The minimum atomic E-state index is -4.09. The van der Waals surface area contributed by atoms with Crippen molar-refractivity contribution in [3.63, 3.8) is 0 Å². The molecule has 4 N–H and O–H groups in total. The highest BCUT2D eigenvalue weighted by atomic mass is 32.2. The molecule has 0 saturated carbocycles. The number of benzene rings is 2. The standard InChI is InChI=1S/C31H29N7O6S/c1-37(45(41,42)22-9-10-24(43-2)21(12-22)13-32)16-25-27(39)28(40)31(44-25)38-15-20(26-29(33)35-17-36-30(26)38)8-7-18-11-19-5-3-4-6-23(19)34-14-18/h3-6,9-12,14-15,17,25-28,30-31,39-40H,16H2,1-2H3,(H2,33,35,36)/t25-,26?,27?,28+,30?,31-/m1/s1. The Morgan fingerprint density at radius 3 is 2.73 bits per heavy atom. The van der Waals surface area contributed by atoms with Gasteiger partial charge in [-0.3, -0.25) is 4.98 Å². The van der Waals surface area contributed by atoms with Crippen LogP contribution >= 0.6 is 0 Å². The number of amidine groups is 1. The van der Waals surface area contributed by atoms with Crippen molar-refractivity contribution in [1.82, 2.24) is 14.2 Å². The van der Waals surface area contributed by atoms with E-state index in [1.165, 1.54) is 38.7 Å². The van der Waals surface area contributed by atoms with E-state index in [4.69, 9.17) is 15.2 Å². The monoisotopic (exact) mass is 627 g/mol. The number of methoxy groups -OCH3 is 1. The van der Waals surface area contributed by atoms with Gasteiger partial charge in [-0.25, -0.2) is 18.4 Å². The lowest BCUT2D eigenvalue weighted by molar-refractivity contribution is -0.0825. The quantitative estimate of drug-likeness (QED) is 0.330. The van der Waals surface area contributed by atoms with E-state index >= 15 is 0 Å². The third kappa shape index (κ3) is 5.50. The van der Waals surface area contributed by atoms with Gasteiger partial charge in [0.1, 0.15) is 48.5 Å². The van der Waals surface area contributed by atoms with E-state index in [-0.39, 0.29) is 28.6 Å². The Morgan fingerprint density at radius 2 is 1.96 bits per heavy atom. The van der Waals surface area contributed by atoms with Crippen molar-refractivity contribution in [3.8, 4) is 23.7 Å². The highest BCUT2D eigenvalue weighted by Gasteiger charge is 2.51. The van der Waals surface area contributed by atoms with E-state index in [0.717, 1.165) is 15.2 Å². The summed E-state index contributed by atoms with van der Waals surface area (Å²) < 4.78 is 38.9. The van der Waals surface area contributed by atoms with Crippen LogP contribution in [-0.2, 0) is 14.8 Å². The van der Waals surface area contributed by atoms with Crippen LogP contribution in [0.5, 0.6) is 5.75 Å². The summed E-state index contributed by atoms with van der Waals surface area (Å²) in [7, 11) is -1.39. The van der Waals surface area contributed by atoms with Crippen molar-refractivity contribution in [2.45, 2.75) is 35.6 Å². The lowest BCUT2D eigenvalue weighted by atomic mass is 9.97. The Morgan fingerprint density at radius 1 is 1.16 bits per heavy atom. The normalized spacial score (nSPS) is 25.7. The molecule has 0 aliphatic carbocycles. The zero-order chi connectivity index (χ0) is 31.9. The fraction of sp³-hybridized carbons (Fsp3) is 0.290. The Balaban J connectivity index is 1.24. The first-order chi connectivity index (χ1) is 21.6. The number of aromatic nitrogens is 1. The third-order valence-corrected chi connectivity index (χ3v) is 9.80. The SMILES string of the molecule is COc1ccc(S(=O)(=O)N(C)C[C@H]2O[C@@H](N3C=C(C#Cc4cnc5ccccc5c4)C4C(N)=NC=NC43)[C@@H](O)C2O)cc1C#N. The molecule has 1 fully saturated rings. The summed E-state index contributed by atoms with van der Waals surface area (Å²) in [5.74, 6) is 6.26. The molecular weight excluding hydrogens is 598 g/mol. The molecule has 3 unspecified atom stereocenters. The van der Waals surface area contributed by atoms with Crippen LogP contribution in [0.3, 0.4) is 0 Å². The van der Waals surface area contributed by atoms with E-state index in [0.29, 0.717) is 11.1 Å². The van der Waals surface area contributed by atoms with Crippen LogP contribution in [0.15, 0.2) is 81.4 Å². The number of hydrogen-bond donors (Lipinski definition) is 3. The number of aliphatic hydroxyl groups excluding tert-OH is 2. The molecular formula is C31H29N7O6S. The first-order valence-corrected chi connectivity index (χ1v) is 15.3. The molecule has 45 heavy (non-hydrogen) atoms. The maximum absolute atomic E-state index is 13.3. The van der Waals surface area contributed by atoms with Gasteiger partial charge in [0.25, 0.3) is 0 Å². The van der Waals surface area contributed by atoms with Crippen LogP contribution in [-0.4, -0.2) is 96.4 Å². The van der Waals surface area contributed by atoms with Gasteiger partial charge in [-0.1, -0.05) is 30.0 Å². The van der Waals surface area contributed by atoms with E-state index in [1.54, 1.807) is 17.3 Å². The minimum Gasteiger partial charge on any atom is -0.495 e. The lowest BCUT2D eigenvalue weighted by Crippen LogP contribution is -2.48. The van der Waals surface area contributed by atoms with Crippen LogP contribution in [0.2, 0.25) is 0 Å². The second-order valence-corrected chi connectivity index (χ2v) is 12.8. The molecule has 0 radical (unpaired) electrons. The molecule has 0 amide bonds. The molecule has 0 bridgehead atoms. The van der Waals surface area contributed by atoms with Gasteiger partial charge in [-0.05, 0) is 30.3 Å². The van der Waals surface area contributed by atoms with Gasteiger partial charge in [0.2, 0.25) is 10.0 Å². The van der Waals surface area contributed by atoms with Gasteiger partial charge < -0.3 is 30.3 Å². The van der Waals surface area contributed by atoms with Crippen LogP contribution in [0.4, 0.5) is 0 Å². The van der Waals surface area contributed by atoms with Crippen LogP contribution < -0.4 is 10.5 Å². The predicted octanol–water partition coefficient (Wildman–Crippen LogP) is 0.775. The van der Waals surface area contributed by atoms with Crippen LogP contribution in [0.25, 0.3) is 10.9 Å². The number of sulfonamides is 1. The number of aliphatic hydroxyl groups is 2. The Bertz CT molecular complexity index is 1960. The molecule has 230 valence electrons. The second-order valence-electron chi connectivity index (χ2n) is 10.7. The Labute approximate surface area is 259 Å². The number of nitriles is 1. The number of rotatable bonds is 6. The van der Waals surface area contributed by atoms with Gasteiger partial charge in [0.15, 0.2) is 6.23 Å². The van der Waals surface area contributed by atoms with E-state index in [2.05, 4.69) is 26.8 Å². The summed E-state index contributed by atoms with van der Waals surface area (Å²) in [5.41, 5.74) is 8.44. The first-order valence-electron chi connectivity index (χ1n) is 13.9. The molecule has 0 spiro atoms. The summed E-state index contributed by atoms with van der Waals surface area (Å²) in [6.45, 7) is -0.287. The zero-order valence-electron chi connectivity index (χ0n) is 24.2. The smallest absolute Gasteiger partial charge is 0.242 e. The Hall–Kier alpha value is -4.83. The molecule has 6 rings (SSSR count). The maximum atomic E-state index is 13.3. The van der Waals surface area contributed by atoms with E-state index in [1.807, 2.05) is 36.4 Å². The number of fused-ring (bicyclic) bond motifs is 2. The molecule has 3 aliphatic heterocycles. The number of ether oxygens (including phenoxy) is 2. The van der Waals surface area contributed by atoms with E-state index < -0.39 is 46.6 Å².